The Morgan fingerprint density at radius 3 is 2.35 bits per heavy atom. The van der Waals surface area contributed by atoms with Crippen molar-refractivity contribution >= 4 is 32.9 Å². The van der Waals surface area contributed by atoms with E-state index in [-0.39, 0.29) is 22.8 Å². The number of imidazole rings is 1. The highest BCUT2D eigenvalue weighted by Gasteiger charge is 2.27. The van der Waals surface area contributed by atoms with Gasteiger partial charge in [0, 0.05) is 18.8 Å². The summed E-state index contributed by atoms with van der Waals surface area (Å²) < 4.78 is 48.3. The van der Waals surface area contributed by atoms with Crippen LogP contribution in [-0.4, -0.2) is 47.2 Å². The van der Waals surface area contributed by atoms with Crippen LogP contribution >= 0.6 is 12.2 Å². The number of sulfone groups is 1. The molecular formula is C30H31FN4O3S2. The summed E-state index contributed by atoms with van der Waals surface area (Å²) in [6, 6.07) is 24.8. The molecule has 10 heteroatoms. The molecule has 4 aromatic rings. The Hall–Kier alpha value is -3.60. The molecular weight excluding hydrogens is 547 g/mol. The van der Waals surface area contributed by atoms with Crippen molar-refractivity contribution in [2.75, 3.05) is 18.5 Å². The minimum absolute atomic E-state index is 0.000235. The third-order valence-corrected chi connectivity index (χ3v) is 8.70. The second-order valence-electron chi connectivity index (χ2n) is 9.80. The Kier molecular flexibility index (Phi) is 8.88. The van der Waals surface area contributed by atoms with Crippen molar-refractivity contribution in [1.82, 2.24) is 14.5 Å². The average molecular weight is 579 g/mol. The van der Waals surface area contributed by atoms with Gasteiger partial charge in [0.2, 0.25) is 15.0 Å². The van der Waals surface area contributed by atoms with E-state index in [9.17, 15) is 12.8 Å². The number of rotatable bonds is 10. The molecule has 0 saturated carbocycles. The van der Waals surface area contributed by atoms with E-state index in [0.29, 0.717) is 48.3 Å². The van der Waals surface area contributed by atoms with Crippen molar-refractivity contribution in [1.29, 1.82) is 0 Å². The quantitative estimate of drug-likeness (QED) is 0.252. The van der Waals surface area contributed by atoms with Crippen LogP contribution in [0.25, 0.3) is 0 Å². The monoisotopic (exact) mass is 578 g/mol. The smallest absolute Gasteiger partial charge is 0.228 e. The van der Waals surface area contributed by atoms with Gasteiger partial charge in [-0.05, 0) is 60.5 Å². The zero-order valence-corrected chi connectivity index (χ0v) is 23.6. The summed E-state index contributed by atoms with van der Waals surface area (Å²) >= 11 is 5.78. The predicted molar refractivity (Wildman–Crippen MR) is 157 cm³/mol. The summed E-state index contributed by atoms with van der Waals surface area (Å²) in [6.07, 6.45) is 3.50. The first-order chi connectivity index (χ1) is 19.4. The van der Waals surface area contributed by atoms with Crippen molar-refractivity contribution in [2.45, 2.75) is 42.9 Å². The molecule has 208 valence electrons. The van der Waals surface area contributed by atoms with Gasteiger partial charge in [-0.15, -0.1) is 0 Å². The van der Waals surface area contributed by atoms with Crippen molar-refractivity contribution < 1.29 is 17.5 Å². The van der Waals surface area contributed by atoms with Gasteiger partial charge in [0.25, 0.3) is 0 Å². The molecule has 0 spiro atoms. The molecule has 0 amide bonds. The number of anilines is 1. The summed E-state index contributed by atoms with van der Waals surface area (Å²) in [5, 5.41) is 3.64. The lowest BCUT2D eigenvalue weighted by molar-refractivity contribution is 0.0900. The molecule has 1 atom stereocenters. The van der Waals surface area contributed by atoms with E-state index in [4.69, 9.17) is 17.0 Å². The third kappa shape index (κ3) is 7.12. The third-order valence-electron chi connectivity index (χ3n) is 6.75. The highest BCUT2D eigenvalue weighted by Crippen LogP contribution is 2.22. The molecule has 1 unspecified atom stereocenters. The van der Waals surface area contributed by atoms with Gasteiger partial charge in [0.05, 0.1) is 36.8 Å². The Labute approximate surface area is 239 Å². The predicted octanol–water partition coefficient (Wildman–Crippen LogP) is 5.42. The lowest BCUT2D eigenvalue weighted by atomic mass is 10.2. The van der Waals surface area contributed by atoms with Crippen LogP contribution < -0.4 is 5.32 Å². The van der Waals surface area contributed by atoms with Gasteiger partial charge in [-0.1, -0.05) is 60.7 Å². The van der Waals surface area contributed by atoms with Crippen LogP contribution in [0.2, 0.25) is 0 Å². The molecule has 40 heavy (non-hydrogen) atoms. The number of halogens is 1. The van der Waals surface area contributed by atoms with Gasteiger partial charge in [-0.2, -0.15) is 0 Å². The number of hydrogen-bond acceptors (Lipinski definition) is 5. The van der Waals surface area contributed by atoms with E-state index < -0.39 is 9.84 Å². The molecule has 1 aliphatic rings. The van der Waals surface area contributed by atoms with Crippen molar-refractivity contribution in [3.8, 4) is 0 Å². The number of nitrogens with one attached hydrogen (secondary N) is 1. The Bertz CT molecular complexity index is 1520. The average Bonchev–Trinajstić information content (AvgIpc) is 3.61. The summed E-state index contributed by atoms with van der Waals surface area (Å²) in [5.41, 5.74) is 3.02. The number of ether oxygens (including phenoxy) is 1. The summed E-state index contributed by atoms with van der Waals surface area (Å²) in [7, 11) is -3.75. The van der Waals surface area contributed by atoms with Gasteiger partial charge >= 0.3 is 0 Å². The number of hydrogen-bond donors (Lipinski definition) is 1. The van der Waals surface area contributed by atoms with Crippen LogP contribution in [0.4, 0.5) is 10.1 Å². The van der Waals surface area contributed by atoms with Gasteiger partial charge in [-0.3, -0.25) is 0 Å². The van der Waals surface area contributed by atoms with Gasteiger partial charge < -0.3 is 19.5 Å². The van der Waals surface area contributed by atoms with Crippen molar-refractivity contribution in [3.63, 3.8) is 0 Å². The summed E-state index contributed by atoms with van der Waals surface area (Å²) in [6.45, 7) is 1.87. The fourth-order valence-electron chi connectivity index (χ4n) is 4.74. The first-order valence-electron chi connectivity index (χ1n) is 13.2. The molecule has 3 aromatic carbocycles. The molecule has 1 fully saturated rings. The zero-order valence-electron chi connectivity index (χ0n) is 21.9. The highest BCUT2D eigenvalue weighted by molar-refractivity contribution is 7.90. The second kappa shape index (κ2) is 12.7. The number of nitrogens with zero attached hydrogens (tertiary/aromatic N) is 3. The summed E-state index contributed by atoms with van der Waals surface area (Å²) in [5.74, 6) is -0.481. The maximum atomic E-state index is 13.6. The Balaban J connectivity index is 1.46. The largest absolute Gasteiger partial charge is 0.376 e. The molecule has 1 N–H and O–H groups in total. The zero-order chi connectivity index (χ0) is 28.0. The van der Waals surface area contributed by atoms with Gasteiger partial charge in [0.1, 0.15) is 5.82 Å². The minimum atomic E-state index is -3.75. The van der Waals surface area contributed by atoms with Crippen LogP contribution in [0, 0.1) is 5.82 Å². The molecule has 0 aliphatic carbocycles. The summed E-state index contributed by atoms with van der Waals surface area (Å²) in [4.78, 5) is 6.39. The van der Waals surface area contributed by atoms with E-state index in [1.54, 1.807) is 35.0 Å². The van der Waals surface area contributed by atoms with E-state index in [1.165, 1.54) is 12.1 Å². The lowest BCUT2D eigenvalue weighted by Gasteiger charge is -2.28. The van der Waals surface area contributed by atoms with Crippen LogP contribution in [0.3, 0.4) is 0 Å². The normalized spacial score (nSPS) is 15.2. The fraction of sp³-hybridized carbons (Fsp3) is 0.267. The molecule has 0 bridgehead atoms. The van der Waals surface area contributed by atoms with Crippen LogP contribution in [-0.2, 0) is 33.4 Å². The van der Waals surface area contributed by atoms with E-state index >= 15 is 0 Å². The van der Waals surface area contributed by atoms with Gasteiger partial charge in [-0.25, -0.2) is 17.8 Å². The first kappa shape index (κ1) is 27.9. The highest BCUT2D eigenvalue weighted by atomic mass is 32.2. The maximum absolute atomic E-state index is 13.6. The first-order valence-corrected chi connectivity index (χ1v) is 15.2. The van der Waals surface area contributed by atoms with E-state index in [2.05, 4.69) is 10.3 Å². The minimum Gasteiger partial charge on any atom is -0.376 e. The molecule has 2 heterocycles. The Morgan fingerprint density at radius 1 is 1.02 bits per heavy atom. The Morgan fingerprint density at radius 2 is 1.70 bits per heavy atom. The lowest BCUT2D eigenvalue weighted by Crippen LogP contribution is -2.40. The van der Waals surface area contributed by atoms with Crippen LogP contribution in [0.1, 0.15) is 29.7 Å². The second-order valence-corrected chi connectivity index (χ2v) is 12.1. The van der Waals surface area contributed by atoms with Crippen LogP contribution in [0.5, 0.6) is 0 Å². The fourth-order valence-corrected chi connectivity index (χ4v) is 6.49. The topological polar surface area (TPSA) is 76.5 Å². The number of benzene rings is 3. The van der Waals surface area contributed by atoms with Crippen LogP contribution in [0.15, 0.2) is 96.3 Å². The number of thiocarbonyl (C=S) groups is 1. The van der Waals surface area contributed by atoms with Gasteiger partial charge in [0.15, 0.2) is 5.11 Å². The van der Waals surface area contributed by atoms with Crippen molar-refractivity contribution in [2.24, 2.45) is 0 Å². The van der Waals surface area contributed by atoms with E-state index in [0.717, 1.165) is 18.4 Å². The maximum Gasteiger partial charge on any atom is 0.228 e. The van der Waals surface area contributed by atoms with Crippen molar-refractivity contribution in [3.05, 3.63) is 114 Å². The molecule has 1 aromatic heterocycles. The molecule has 5 rings (SSSR count). The van der Waals surface area contributed by atoms with E-state index in [1.807, 2.05) is 53.4 Å². The molecule has 0 radical (unpaired) electrons. The standard InChI is InChI=1S/C30H31FN4O3S2/c31-25-13-15-26(16-14-25)33-29(39)34(21-28-12-7-17-38-28)20-27-18-32-30(35(27)19-23-8-3-1-4-9-23)40(36,37)22-24-10-5-2-6-11-24/h1-6,8-11,13-16,18,28H,7,12,17,19-22H2,(H,33,39). The SMILES string of the molecule is O=S(=O)(Cc1ccccc1)c1ncc(CN(CC2CCCO2)C(=S)Nc2ccc(F)cc2)n1Cc1ccccc1. The molecule has 7 nitrogen and oxygen atoms in total. The number of aromatic nitrogens is 2. The molecule has 1 saturated heterocycles. The molecule has 1 aliphatic heterocycles.